The minimum absolute atomic E-state index is 0.00426. The predicted octanol–water partition coefficient (Wildman–Crippen LogP) is 1.93. The molecule has 2 nitrogen and oxygen atoms in total. The highest BCUT2D eigenvalue weighted by Crippen LogP contribution is 2.20. The molecular formula is C7H6F3NO. The third-order valence-corrected chi connectivity index (χ3v) is 1.29. The maximum Gasteiger partial charge on any atom is 0.394 e. The summed E-state index contributed by atoms with van der Waals surface area (Å²) in [5.74, 6) is 0. The Balaban J connectivity index is 2.70. The molecule has 0 bridgehead atoms. The van der Waals surface area contributed by atoms with Crippen LogP contribution in [0.15, 0.2) is 12.3 Å². The number of alkyl halides is 3. The van der Waals surface area contributed by atoms with Crippen molar-refractivity contribution in [2.75, 3.05) is 0 Å². The van der Waals surface area contributed by atoms with Gasteiger partial charge in [-0.05, 0) is 6.07 Å². The van der Waals surface area contributed by atoms with Gasteiger partial charge in [0.15, 0.2) is 6.29 Å². The van der Waals surface area contributed by atoms with Gasteiger partial charge in [0, 0.05) is 17.5 Å². The van der Waals surface area contributed by atoms with E-state index in [2.05, 4.69) is 4.98 Å². The van der Waals surface area contributed by atoms with Gasteiger partial charge in [0.2, 0.25) is 0 Å². The summed E-state index contributed by atoms with van der Waals surface area (Å²) in [5, 5.41) is 0. The van der Waals surface area contributed by atoms with Crippen molar-refractivity contribution in [1.29, 1.82) is 0 Å². The fourth-order valence-corrected chi connectivity index (χ4v) is 0.847. The van der Waals surface area contributed by atoms with Crippen LogP contribution in [0.3, 0.4) is 0 Å². The molecule has 5 heteroatoms. The first-order valence-corrected chi connectivity index (χ1v) is 3.20. The molecule has 0 aliphatic heterocycles. The quantitative estimate of drug-likeness (QED) is 0.688. The second-order valence-corrected chi connectivity index (χ2v) is 2.37. The van der Waals surface area contributed by atoms with E-state index in [-0.39, 0.29) is 11.3 Å². The van der Waals surface area contributed by atoms with E-state index in [1.165, 1.54) is 12.3 Å². The van der Waals surface area contributed by atoms with Crippen molar-refractivity contribution in [3.05, 3.63) is 23.5 Å². The Bertz CT molecular complexity index is 276. The minimum Gasteiger partial charge on any atom is -0.364 e. The number of aldehydes is 1. The number of hydrogen-bond acceptors (Lipinski definition) is 1. The summed E-state index contributed by atoms with van der Waals surface area (Å²) in [6, 6.07) is 1.18. The normalized spacial score (nSPS) is 11.6. The molecule has 12 heavy (non-hydrogen) atoms. The van der Waals surface area contributed by atoms with E-state index in [0.29, 0.717) is 6.29 Å². The highest BCUT2D eigenvalue weighted by Gasteiger charge is 2.28. The number of aromatic nitrogens is 1. The predicted molar refractivity (Wildman–Crippen MR) is 35.9 cm³/mol. The second-order valence-electron chi connectivity index (χ2n) is 2.37. The van der Waals surface area contributed by atoms with Crippen LogP contribution in [-0.2, 0) is 6.42 Å². The van der Waals surface area contributed by atoms with Crippen molar-refractivity contribution in [3.8, 4) is 0 Å². The molecule has 1 N–H and O–H groups in total. The fraction of sp³-hybridized carbons (Fsp3) is 0.286. The van der Waals surface area contributed by atoms with Crippen LogP contribution in [0, 0.1) is 0 Å². The van der Waals surface area contributed by atoms with Gasteiger partial charge in [0.25, 0.3) is 0 Å². The lowest BCUT2D eigenvalue weighted by atomic mass is 10.3. The van der Waals surface area contributed by atoms with Gasteiger partial charge in [-0.2, -0.15) is 13.2 Å². The molecule has 0 aliphatic rings. The van der Waals surface area contributed by atoms with Crippen LogP contribution in [0.1, 0.15) is 16.1 Å². The molecule has 66 valence electrons. The minimum atomic E-state index is -4.23. The van der Waals surface area contributed by atoms with Crippen molar-refractivity contribution in [1.82, 2.24) is 4.98 Å². The number of aromatic amines is 1. The lowest BCUT2D eigenvalue weighted by Gasteiger charge is -2.02. The smallest absolute Gasteiger partial charge is 0.364 e. The van der Waals surface area contributed by atoms with Crippen molar-refractivity contribution >= 4 is 6.29 Å². The number of carbonyl (C=O) groups excluding carboxylic acids is 1. The Labute approximate surface area is 66.4 Å². The molecule has 0 aromatic carbocycles. The average molecular weight is 177 g/mol. The first-order valence-electron chi connectivity index (χ1n) is 3.20. The van der Waals surface area contributed by atoms with Crippen LogP contribution in [-0.4, -0.2) is 17.4 Å². The highest BCUT2D eigenvalue weighted by molar-refractivity contribution is 5.74. The molecule has 0 aliphatic carbocycles. The lowest BCUT2D eigenvalue weighted by molar-refractivity contribution is -0.127. The first-order chi connectivity index (χ1) is 5.51. The maximum absolute atomic E-state index is 11.7. The van der Waals surface area contributed by atoms with Gasteiger partial charge < -0.3 is 4.98 Å². The molecule has 0 amide bonds. The van der Waals surface area contributed by atoms with E-state index >= 15 is 0 Å². The highest BCUT2D eigenvalue weighted by atomic mass is 19.4. The van der Waals surface area contributed by atoms with Crippen molar-refractivity contribution in [2.24, 2.45) is 0 Å². The van der Waals surface area contributed by atoms with Gasteiger partial charge >= 0.3 is 6.18 Å². The van der Waals surface area contributed by atoms with Crippen LogP contribution in [0.5, 0.6) is 0 Å². The summed E-state index contributed by atoms with van der Waals surface area (Å²) >= 11 is 0. The van der Waals surface area contributed by atoms with Crippen molar-refractivity contribution in [3.63, 3.8) is 0 Å². The Morgan fingerprint density at radius 2 is 2.17 bits per heavy atom. The van der Waals surface area contributed by atoms with Crippen LogP contribution < -0.4 is 0 Å². The zero-order chi connectivity index (χ0) is 9.19. The number of hydrogen-bond donors (Lipinski definition) is 1. The second kappa shape index (κ2) is 3.00. The summed E-state index contributed by atoms with van der Waals surface area (Å²) in [4.78, 5) is 12.4. The van der Waals surface area contributed by atoms with E-state index in [1.807, 2.05) is 0 Å². The molecule has 0 radical (unpaired) electrons. The van der Waals surface area contributed by atoms with Gasteiger partial charge in [-0.25, -0.2) is 0 Å². The third kappa shape index (κ3) is 2.41. The summed E-state index contributed by atoms with van der Waals surface area (Å²) in [5.41, 5.74) is 0.235. The zero-order valence-electron chi connectivity index (χ0n) is 5.98. The molecular weight excluding hydrogens is 171 g/mol. The van der Waals surface area contributed by atoms with Gasteiger partial charge in [-0.15, -0.1) is 0 Å². The van der Waals surface area contributed by atoms with E-state index in [0.717, 1.165) is 0 Å². The molecule has 1 rings (SSSR count). The van der Waals surface area contributed by atoms with Crippen LogP contribution in [0.25, 0.3) is 0 Å². The Morgan fingerprint density at radius 3 is 2.58 bits per heavy atom. The largest absolute Gasteiger partial charge is 0.394 e. The van der Waals surface area contributed by atoms with Crippen LogP contribution >= 0.6 is 0 Å². The van der Waals surface area contributed by atoms with Crippen molar-refractivity contribution < 1.29 is 18.0 Å². The molecule has 0 unspecified atom stereocenters. The first kappa shape index (κ1) is 8.83. The summed E-state index contributed by atoms with van der Waals surface area (Å²) in [6.07, 6.45) is -3.52. The van der Waals surface area contributed by atoms with Crippen molar-refractivity contribution in [2.45, 2.75) is 12.6 Å². The SMILES string of the molecule is O=Cc1c[nH]c(CC(F)(F)F)c1. The van der Waals surface area contributed by atoms with E-state index in [9.17, 15) is 18.0 Å². The molecule has 0 saturated heterocycles. The Morgan fingerprint density at radius 1 is 1.50 bits per heavy atom. The standard InChI is InChI=1S/C7H6F3NO/c8-7(9,10)2-6-1-5(4-12)3-11-6/h1,3-4,11H,2H2. The average Bonchev–Trinajstić information content (AvgIpc) is 2.32. The fourth-order valence-electron chi connectivity index (χ4n) is 0.847. The molecule has 0 fully saturated rings. The van der Waals surface area contributed by atoms with E-state index < -0.39 is 12.6 Å². The number of halogens is 3. The molecule has 1 aromatic rings. The number of H-pyrrole nitrogens is 1. The maximum atomic E-state index is 11.7. The van der Waals surface area contributed by atoms with Crippen LogP contribution in [0.2, 0.25) is 0 Å². The van der Waals surface area contributed by atoms with Crippen LogP contribution in [0.4, 0.5) is 13.2 Å². The topological polar surface area (TPSA) is 32.9 Å². The molecule has 0 atom stereocenters. The molecule has 0 spiro atoms. The summed E-state index contributed by atoms with van der Waals surface area (Å²) in [6.45, 7) is 0. The number of nitrogens with one attached hydrogen (secondary N) is 1. The van der Waals surface area contributed by atoms with E-state index in [1.54, 1.807) is 0 Å². The summed E-state index contributed by atoms with van der Waals surface area (Å²) < 4.78 is 35.2. The third-order valence-electron chi connectivity index (χ3n) is 1.29. The van der Waals surface area contributed by atoms with Gasteiger partial charge in [-0.1, -0.05) is 0 Å². The Hall–Kier alpha value is -1.26. The van der Waals surface area contributed by atoms with Gasteiger partial charge in [0.05, 0.1) is 6.42 Å². The van der Waals surface area contributed by atoms with E-state index in [4.69, 9.17) is 0 Å². The molecule has 1 heterocycles. The zero-order valence-corrected chi connectivity index (χ0v) is 5.98. The Kier molecular flexibility index (Phi) is 2.21. The van der Waals surface area contributed by atoms with Gasteiger partial charge in [-0.3, -0.25) is 4.79 Å². The number of carbonyl (C=O) groups is 1. The monoisotopic (exact) mass is 177 g/mol. The van der Waals surface area contributed by atoms with Gasteiger partial charge in [0.1, 0.15) is 0 Å². The molecule has 1 aromatic heterocycles. The molecule has 0 saturated carbocycles. The number of rotatable bonds is 2. The summed E-state index contributed by atoms with van der Waals surface area (Å²) in [7, 11) is 0. The lowest BCUT2D eigenvalue weighted by Crippen LogP contribution is -2.11.